The third kappa shape index (κ3) is 2.18. The Morgan fingerprint density at radius 1 is 1.18 bits per heavy atom. The molecule has 1 amide bonds. The quantitative estimate of drug-likeness (QED) is 0.294. The number of hydrogen-bond acceptors (Lipinski definition) is 6. The fourth-order valence-corrected chi connectivity index (χ4v) is 1.44. The minimum atomic E-state index is -0.540. The van der Waals surface area contributed by atoms with E-state index in [1.54, 1.807) is 0 Å². The molecular weight excluding hydrogens is 226 g/mol. The first-order chi connectivity index (χ1) is 8.10. The highest BCUT2D eigenvalue weighted by molar-refractivity contribution is 6.01. The number of amides is 1. The molecule has 0 spiro atoms. The van der Waals surface area contributed by atoms with Crippen molar-refractivity contribution < 1.29 is 19.0 Å². The second kappa shape index (κ2) is 5.26. The summed E-state index contributed by atoms with van der Waals surface area (Å²) in [7, 11) is 4.30. The molecule has 0 aliphatic heterocycles. The summed E-state index contributed by atoms with van der Waals surface area (Å²) in [6, 6.07) is 1.43. The number of methoxy groups -OCH3 is 3. The average Bonchev–Trinajstić information content (AvgIpc) is 2.36. The van der Waals surface area contributed by atoms with Gasteiger partial charge in [-0.05, 0) is 6.07 Å². The van der Waals surface area contributed by atoms with Gasteiger partial charge in [-0.2, -0.15) is 0 Å². The Kier molecular flexibility index (Phi) is 4.00. The lowest BCUT2D eigenvalue weighted by Crippen LogP contribution is -2.30. The van der Waals surface area contributed by atoms with Crippen molar-refractivity contribution in [3.05, 3.63) is 11.6 Å². The fraction of sp³-hybridized carbons (Fsp3) is 0.300. The molecule has 1 aromatic carbocycles. The molecule has 0 aromatic heterocycles. The standard InChI is InChI=1S/C10H15N3O4/c1-15-6-4-5(10(14)13-12)7(11)9(17-3)8(6)16-2/h4H,11-12H2,1-3H3,(H,13,14). The van der Waals surface area contributed by atoms with E-state index in [2.05, 4.69) is 0 Å². The topological polar surface area (TPSA) is 109 Å². The van der Waals surface area contributed by atoms with Gasteiger partial charge in [0.05, 0.1) is 32.6 Å². The summed E-state index contributed by atoms with van der Waals surface area (Å²) in [5.74, 6) is 5.40. The Hall–Kier alpha value is -2.15. The molecule has 0 saturated carbocycles. The molecule has 0 fully saturated rings. The summed E-state index contributed by atoms with van der Waals surface area (Å²) in [4.78, 5) is 11.5. The number of nitrogen functional groups attached to an aromatic ring is 2. The molecule has 5 N–H and O–H groups in total. The maximum atomic E-state index is 11.5. The number of hydrogen-bond donors (Lipinski definition) is 3. The summed E-state index contributed by atoms with van der Waals surface area (Å²) in [6.45, 7) is 0. The lowest BCUT2D eigenvalue weighted by molar-refractivity contribution is 0.0954. The number of hydrazine groups is 1. The molecule has 0 aliphatic rings. The van der Waals surface area contributed by atoms with Gasteiger partial charge in [0.2, 0.25) is 5.75 Å². The van der Waals surface area contributed by atoms with E-state index in [9.17, 15) is 4.79 Å². The van der Waals surface area contributed by atoms with Crippen LogP contribution in [0.15, 0.2) is 6.07 Å². The zero-order valence-corrected chi connectivity index (χ0v) is 9.87. The normalized spacial score (nSPS) is 9.65. The highest BCUT2D eigenvalue weighted by Crippen LogP contribution is 2.43. The summed E-state index contributed by atoms with van der Waals surface area (Å²) in [6.07, 6.45) is 0. The van der Waals surface area contributed by atoms with Crippen molar-refractivity contribution in [2.45, 2.75) is 0 Å². The molecule has 0 atom stereocenters. The van der Waals surface area contributed by atoms with E-state index >= 15 is 0 Å². The van der Waals surface area contributed by atoms with E-state index < -0.39 is 5.91 Å². The largest absolute Gasteiger partial charge is 0.493 e. The van der Waals surface area contributed by atoms with E-state index in [0.717, 1.165) is 0 Å². The first-order valence-electron chi connectivity index (χ1n) is 4.70. The van der Waals surface area contributed by atoms with Crippen molar-refractivity contribution in [1.29, 1.82) is 0 Å². The van der Waals surface area contributed by atoms with Crippen LogP contribution in [0.3, 0.4) is 0 Å². The van der Waals surface area contributed by atoms with Crippen LogP contribution in [0, 0.1) is 0 Å². The van der Waals surface area contributed by atoms with Crippen molar-refractivity contribution in [3.63, 3.8) is 0 Å². The van der Waals surface area contributed by atoms with E-state index in [-0.39, 0.29) is 17.0 Å². The van der Waals surface area contributed by atoms with Crippen LogP contribution < -0.4 is 31.2 Å². The van der Waals surface area contributed by atoms with Crippen LogP contribution in [0.2, 0.25) is 0 Å². The van der Waals surface area contributed by atoms with Crippen LogP contribution in [0.5, 0.6) is 17.2 Å². The van der Waals surface area contributed by atoms with Crippen LogP contribution in [-0.4, -0.2) is 27.2 Å². The van der Waals surface area contributed by atoms with Gasteiger partial charge in [-0.25, -0.2) is 5.84 Å². The molecule has 1 rings (SSSR count). The van der Waals surface area contributed by atoms with Crippen molar-refractivity contribution in [2.24, 2.45) is 5.84 Å². The fourth-order valence-electron chi connectivity index (χ4n) is 1.44. The zero-order valence-electron chi connectivity index (χ0n) is 9.87. The number of carbonyl (C=O) groups is 1. The highest BCUT2D eigenvalue weighted by atomic mass is 16.5. The Morgan fingerprint density at radius 3 is 2.18 bits per heavy atom. The lowest BCUT2D eigenvalue weighted by Gasteiger charge is -2.16. The van der Waals surface area contributed by atoms with Crippen LogP contribution in [0.4, 0.5) is 5.69 Å². The van der Waals surface area contributed by atoms with Crippen LogP contribution in [-0.2, 0) is 0 Å². The van der Waals surface area contributed by atoms with Gasteiger partial charge in [0.25, 0.3) is 5.91 Å². The second-order valence-electron chi connectivity index (χ2n) is 3.08. The van der Waals surface area contributed by atoms with Gasteiger partial charge in [-0.1, -0.05) is 0 Å². The number of nitrogens with one attached hydrogen (secondary N) is 1. The summed E-state index contributed by atoms with van der Waals surface area (Å²) < 4.78 is 15.3. The number of ether oxygens (including phenoxy) is 3. The maximum Gasteiger partial charge on any atom is 0.267 e. The molecule has 0 aliphatic carbocycles. The van der Waals surface area contributed by atoms with E-state index in [0.29, 0.717) is 11.5 Å². The van der Waals surface area contributed by atoms with Crippen molar-refractivity contribution in [2.75, 3.05) is 27.1 Å². The minimum absolute atomic E-state index is 0.133. The molecule has 0 unspecified atom stereocenters. The smallest absolute Gasteiger partial charge is 0.267 e. The number of anilines is 1. The average molecular weight is 241 g/mol. The monoisotopic (exact) mass is 241 g/mol. The summed E-state index contributed by atoms with van der Waals surface area (Å²) in [5, 5.41) is 0. The summed E-state index contributed by atoms with van der Waals surface area (Å²) >= 11 is 0. The number of carbonyl (C=O) groups excluding carboxylic acids is 1. The van der Waals surface area contributed by atoms with Gasteiger partial charge in [0, 0.05) is 0 Å². The van der Waals surface area contributed by atoms with Gasteiger partial charge >= 0.3 is 0 Å². The molecule has 94 valence electrons. The predicted molar refractivity (Wildman–Crippen MR) is 62.2 cm³/mol. The number of nitrogens with two attached hydrogens (primary N) is 2. The SMILES string of the molecule is COc1cc(C(=O)NN)c(N)c(OC)c1OC. The maximum absolute atomic E-state index is 11.5. The third-order valence-electron chi connectivity index (χ3n) is 2.24. The molecule has 7 heteroatoms. The lowest BCUT2D eigenvalue weighted by atomic mass is 10.1. The van der Waals surface area contributed by atoms with Crippen molar-refractivity contribution >= 4 is 11.6 Å². The Bertz CT molecular complexity index is 434. The van der Waals surface area contributed by atoms with Gasteiger partial charge in [0.1, 0.15) is 0 Å². The molecule has 7 nitrogen and oxygen atoms in total. The Labute approximate surface area is 98.6 Å². The molecule has 1 aromatic rings. The molecule has 0 bridgehead atoms. The molecule has 17 heavy (non-hydrogen) atoms. The van der Waals surface area contributed by atoms with Crippen LogP contribution in [0.1, 0.15) is 10.4 Å². The predicted octanol–water partition coefficient (Wildman–Crippen LogP) is -0.102. The zero-order chi connectivity index (χ0) is 13.0. The Morgan fingerprint density at radius 2 is 1.76 bits per heavy atom. The molecule has 0 heterocycles. The van der Waals surface area contributed by atoms with Crippen LogP contribution in [0.25, 0.3) is 0 Å². The molecule has 0 radical (unpaired) electrons. The van der Waals surface area contributed by atoms with Crippen molar-refractivity contribution in [1.82, 2.24) is 5.43 Å². The van der Waals surface area contributed by atoms with Gasteiger partial charge in [0.15, 0.2) is 11.5 Å². The molecule has 0 saturated heterocycles. The van der Waals surface area contributed by atoms with Gasteiger partial charge in [-0.3, -0.25) is 10.2 Å². The van der Waals surface area contributed by atoms with Gasteiger partial charge in [-0.15, -0.1) is 0 Å². The minimum Gasteiger partial charge on any atom is -0.493 e. The van der Waals surface area contributed by atoms with E-state index in [1.165, 1.54) is 27.4 Å². The first-order valence-corrected chi connectivity index (χ1v) is 4.70. The second-order valence-corrected chi connectivity index (χ2v) is 3.08. The van der Waals surface area contributed by atoms with Gasteiger partial charge < -0.3 is 19.9 Å². The number of rotatable bonds is 4. The first kappa shape index (κ1) is 12.9. The van der Waals surface area contributed by atoms with E-state index in [4.69, 9.17) is 25.8 Å². The van der Waals surface area contributed by atoms with E-state index in [1.807, 2.05) is 5.43 Å². The Balaban J connectivity index is 3.50. The highest BCUT2D eigenvalue weighted by Gasteiger charge is 2.21. The summed E-state index contributed by atoms with van der Waals surface area (Å²) in [5.41, 5.74) is 8.07. The van der Waals surface area contributed by atoms with Crippen LogP contribution >= 0.6 is 0 Å². The molecular formula is C10H15N3O4. The third-order valence-corrected chi connectivity index (χ3v) is 2.24. The number of benzene rings is 1. The van der Waals surface area contributed by atoms with Crippen molar-refractivity contribution in [3.8, 4) is 17.2 Å².